The van der Waals surface area contributed by atoms with Crippen molar-refractivity contribution in [2.45, 2.75) is 12.8 Å². The molecular formula is C13H13Br2Cl3O2. The molecule has 0 aromatic heterocycles. The normalized spacial score (nSPS) is 10.2. The number of halogens is 5. The molecule has 1 aromatic carbocycles. The summed E-state index contributed by atoms with van der Waals surface area (Å²) in [6, 6.07) is 3.66. The van der Waals surface area contributed by atoms with E-state index in [-0.39, 0.29) is 4.49 Å². The van der Waals surface area contributed by atoms with Gasteiger partial charge >= 0.3 is 0 Å². The van der Waals surface area contributed by atoms with E-state index in [1.807, 2.05) is 12.1 Å². The minimum atomic E-state index is 0.183. The largest absolute Gasteiger partial charge is 0.491 e. The van der Waals surface area contributed by atoms with E-state index < -0.39 is 0 Å². The summed E-state index contributed by atoms with van der Waals surface area (Å²) < 4.78 is 13.0. The number of hydrogen-bond acceptors (Lipinski definition) is 2. The lowest BCUT2D eigenvalue weighted by atomic mass is 10.3. The van der Waals surface area contributed by atoms with Crippen LogP contribution >= 0.6 is 66.7 Å². The zero-order chi connectivity index (χ0) is 15.0. The second kappa shape index (κ2) is 10.2. The van der Waals surface area contributed by atoms with E-state index in [1.165, 1.54) is 0 Å². The molecule has 1 rings (SSSR count). The van der Waals surface area contributed by atoms with Crippen LogP contribution in [-0.4, -0.2) is 19.1 Å². The summed E-state index contributed by atoms with van der Waals surface area (Å²) in [7, 11) is 0. The van der Waals surface area contributed by atoms with Gasteiger partial charge in [-0.1, -0.05) is 23.2 Å². The molecule has 0 saturated carbocycles. The number of alkyl halides is 1. The first kappa shape index (κ1) is 18.4. The zero-order valence-electron chi connectivity index (χ0n) is 10.5. The Morgan fingerprint density at radius 3 is 2.30 bits per heavy atom. The lowest BCUT2D eigenvalue weighted by Gasteiger charge is -2.12. The standard InChI is InChI=1S/C13H13Br2Cl3O2/c14-10-7-9(19-6-3-12(17)18)8-11(15)13(10)20-5-2-1-4-16/h3,7-8H,1-2,4-6H2. The van der Waals surface area contributed by atoms with Gasteiger partial charge in [0.1, 0.15) is 22.6 Å². The van der Waals surface area contributed by atoms with Crippen LogP contribution in [0.3, 0.4) is 0 Å². The maximum Gasteiger partial charge on any atom is 0.147 e. The number of benzene rings is 1. The molecule has 7 heteroatoms. The van der Waals surface area contributed by atoms with Crippen LogP contribution in [0.1, 0.15) is 12.8 Å². The van der Waals surface area contributed by atoms with Crippen LogP contribution < -0.4 is 9.47 Å². The van der Waals surface area contributed by atoms with E-state index in [9.17, 15) is 0 Å². The summed E-state index contributed by atoms with van der Waals surface area (Å²) in [4.78, 5) is 0. The van der Waals surface area contributed by atoms with Crippen LogP contribution in [-0.2, 0) is 0 Å². The molecule has 112 valence electrons. The van der Waals surface area contributed by atoms with E-state index in [0.29, 0.717) is 24.8 Å². The fourth-order valence-electron chi connectivity index (χ4n) is 1.33. The highest BCUT2D eigenvalue weighted by molar-refractivity contribution is 9.11. The van der Waals surface area contributed by atoms with Crippen molar-refractivity contribution in [2.24, 2.45) is 0 Å². The highest BCUT2D eigenvalue weighted by Crippen LogP contribution is 2.37. The first-order valence-electron chi connectivity index (χ1n) is 5.86. The molecule has 0 saturated heterocycles. The van der Waals surface area contributed by atoms with Gasteiger partial charge in [-0.05, 0) is 62.9 Å². The van der Waals surface area contributed by atoms with E-state index >= 15 is 0 Å². The average molecular weight is 467 g/mol. The van der Waals surface area contributed by atoms with Gasteiger partial charge in [0, 0.05) is 5.88 Å². The van der Waals surface area contributed by atoms with E-state index in [0.717, 1.165) is 27.5 Å². The Bertz CT molecular complexity index is 440. The molecule has 0 radical (unpaired) electrons. The van der Waals surface area contributed by atoms with Crippen molar-refractivity contribution in [3.05, 3.63) is 31.6 Å². The minimum absolute atomic E-state index is 0.183. The van der Waals surface area contributed by atoms with Gasteiger partial charge in [-0.3, -0.25) is 0 Å². The second-order valence-corrected chi connectivity index (χ2v) is 6.86. The molecule has 0 bridgehead atoms. The molecule has 1 aromatic rings. The van der Waals surface area contributed by atoms with E-state index in [1.54, 1.807) is 6.08 Å². The molecule has 0 aliphatic heterocycles. The molecule has 0 atom stereocenters. The third-order valence-corrected chi connectivity index (χ3v) is 3.99. The van der Waals surface area contributed by atoms with Crippen LogP contribution in [0.15, 0.2) is 31.6 Å². The first-order chi connectivity index (χ1) is 9.54. The lowest BCUT2D eigenvalue weighted by Crippen LogP contribution is -2.00. The van der Waals surface area contributed by atoms with Gasteiger partial charge in [0.25, 0.3) is 0 Å². The van der Waals surface area contributed by atoms with Gasteiger partial charge in [0.15, 0.2) is 0 Å². The minimum Gasteiger partial charge on any atom is -0.491 e. The average Bonchev–Trinajstić information content (AvgIpc) is 2.36. The maximum absolute atomic E-state index is 5.71. The number of ether oxygens (including phenoxy) is 2. The Labute approximate surface area is 150 Å². The summed E-state index contributed by atoms with van der Waals surface area (Å²) in [5.41, 5.74) is 0. The molecule has 0 heterocycles. The molecule has 0 amide bonds. The Balaban J connectivity index is 2.63. The van der Waals surface area contributed by atoms with Gasteiger partial charge in [-0.15, -0.1) is 11.6 Å². The highest BCUT2D eigenvalue weighted by atomic mass is 79.9. The molecule has 0 aliphatic carbocycles. The van der Waals surface area contributed by atoms with Crippen LogP contribution in [0, 0.1) is 0 Å². The fraction of sp³-hybridized carbons (Fsp3) is 0.385. The van der Waals surface area contributed by atoms with Crippen molar-refractivity contribution < 1.29 is 9.47 Å². The summed E-state index contributed by atoms with van der Waals surface area (Å²) in [5.74, 6) is 2.08. The monoisotopic (exact) mass is 464 g/mol. The van der Waals surface area contributed by atoms with Gasteiger partial charge in [0.2, 0.25) is 0 Å². The van der Waals surface area contributed by atoms with E-state index in [4.69, 9.17) is 44.3 Å². The van der Waals surface area contributed by atoms with Crippen LogP contribution in [0.2, 0.25) is 0 Å². The molecule has 2 nitrogen and oxygen atoms in total. The Hall–Kier alpha value is 0.390. The van der Waals surface area contributed by atoms with Crippen LogP contribution in [0.25, 0.3) is 0 Å². The molecule has 0 unspecified atom stereocenters. The number of rotatable bonds is 8. The van der Waals surface area contributed by atoms with Crippen molar-refractivity contribution in [3.8, 4) is 11.5 Å². The zero-order valence-corrected chi connectivity index (χ0v) is 15.9. The third kappa shape index (κ3) is 6.90. The Morgan fingerprint density at radius 2 is 1.75 bits per heavy atom. The SMILES string of the molecule is ClCCCCOc1c(Br)cc(OCC=C(Cl)Cl)cc1Br. The van der Waals surface area contributed by atoms with Gasteiger partial charge in [0.05, 0.1) is 15.6 Å². The molecular weight excluding hydrogens is 454 g/mol. The number of hydrogen-bond donors (Lipinski definition) is 0. The molecule has 0 N–H and O–H groups in total. The number of unbranched alkanes of at least 4 members (excludes halogenated alkanes) is 1. The summed E-state index contributed by atoms with van der Waals surface area (Å²) in [6.45, 7) is 0.922. The van der Waals surface area contributed by atoms with Crippen LogP contribution in [0.4, 0.5) is 0 Å². The van der Waals surface area contributed by atoms with Crippen molar-refractivity contribution >= 4 is 66.7 Å². The van der Waals surface area contributed by atoms with E-state index in [2.05, 4.69) is 31.9 Å². The van der Waals surface area contributed by atoms with Crippen molar-refractivity contribution in [1.82, 2.24) is 0 Å². The van der Waals surface area contributed by atoms with Crippen molar-refractivity contribution in [2.75, 3.05) is 19.1 Å². The van der Waals surface area contributed by atoms with Crippen molar-refractivity contribution in [1.29, 1.82) is 0 Å². The maximum atomic E-state index is 5.71. The molecule has 0 fully saturated rings. The molecule has 0 spiro atoms. The Kier molecular flexibility index (Phi) is 9.38. The van der Waals surface area contributed by atoms with Gasteiger partial charge < -0.3 is 9.47 Å². The van der Waals surface area contributed by atoms with Crippen LogP contribution in [0.5, 0.6) is 11.5 Å². The summed E-state index contributed by atoms with van der Waals surface area (Å²) in [5, 5.41) is 0. The predicted octanol–water partition coefficient (Wildman–Crippen LogP) is 6.31. The Morgan fingerprint density at radius 1 is 1.10 bits per heavy atom. The van der Waals surface area contributed by atoms with Gasteiger partial charge in [-0.25, -0.2) is 0 Å². The smallest absolute Gasteiger partial charge is 0.147 e. The first-order valence-corrected chi connectivity index (χ1v) is 8.74. The van der Waals surface area contributed by atoms with Gasteiger partial charge in [-0.2, -0.15) is 0 Å². The highest BCUT2D eigenvalue weighted by Gasteiger charge is 2.09. The fourth-order valence-corrected chi connectivity index (χ4v) is 3.02. The topological polar surface area (TPSA) is 18.5 Å². The lowest BCUT2D eigenvalue weighted by molar-refractivity contribution is 0.304. The second-order valence-electron chi connectivity index (χ2n) is 3.77. The summed E-state index contributed by atoms with van der Waals surface area (Å²) >= 11 is 23.6. The van der Waals surface area contributed by atoms with Crippen molar-refractivity contribution in [3.63, 3.8) is 0 Å². The third-order valence-electron chi connectivity index (χ3n) is 2.23. The predicted molar refractivity (Wildman–Crippen MR) is 92.6 cm³/mol. The quantitative estimate of drug-likeness (QED) is 0.330. The molecule has 0 aliphatic rings. The summed E-state index contributed by atoms with van der Waals surface area (Å²) in [6.07, 6.45) is 3.42. The molecule has 20 heavy (non-hydrogen) atoms.